The Kier molecular flexibility index (Phi) is 4.81. The van der Waals surface area contributed by atoms with Gasteiger partial charge < -0.3 is 10.1 Å². The molecule has 2 N–H and O–H groups in total. The van der Waals surface area contributed by atoms with Crippen molar-refractivity contribution < 1.29 is 9.90 Å². The number of nitrogens with zero attached hydrogens (tertiary/aromatic N) is 3. The average Bonchev–Trinajstić information content (AvgIpc) is 3.17. The van der Waals surface area contributed by atoms with Crippen LogP contribution in [0, 0.1) is 13.8 Å². The molecule has 0 saturated heterocycles. The number of aromatic amines is 1. The Labute approximate surface area is 173 Å². The summed E-state index contributed by atoms with van der Waals surface area (Å²) >= 11 is 7.49. The summed E-state index contributed by atoms with van der Waals surface area (Å²) in [6.45, 7) is 3.45. The van der Waals surface area contributed by atoms with Gasteiger partial charge in [0.2, 0.25) is 0 Å². The van der Waals surface area contributed by atoms with E-state index < -0.39 is 5.97 Å². The summed E-state index contributed by atoms with van der Waals surface area (Å²) < 4.78 is 1.64. The number of carboxylic acid groups (broad SMARTS) is 1. The van der Waals surface area contributed by atoms with E-state index in [1.54, 1.807) is 23.8 Å². The summed E-state index contributed by atoms with van der Waals surface area (Å²) in [4.78, 5) is 31.3. The molecule has 9 heteroatoms. The highest BCUT2D eigenvalue weighted by Gasteiger charge is 2.18. The lowest BCUT2D eigenvalue weighted by Gasteiger charge is -2.02. The van der Waals surface area contributed by atoms with Crippen LogP contribution in [0.5, 0.6) is 0 Å². The van der Waals surface area contributed by atoms with E-state index in [2.05, 4.69) is 15.1 Å². The first-order chi connectivity index (χ1) is 13.9. The van der Waals surface area contributed by atoms with Crippen LogP contribution in [0.4, 0.5) is 0 Å². The normalized spacial score (nSPS) is 11.6. The summed E-state index contributed by atoms with van der Waals surface area (Å²) in [5, 5.41) is 14.5. The Balaban J connectivity index is 1.75. The molecule has 3 heterocycles. The van der Waals surface area contributed by atoms with Crippen LogP contribution in [0.3, 0.4) is 0 Å². The Morgan fingerprint density at radius 2 is 1.97 bits per heavy atom. The lowest BCUT2D eigenvalue weighted by molar-refractivity contribution is 0.0701. The highest BCUT2D eigenvalue weighted by molar-refractivity contribution is 7.20. The predicted molar refractivity (Wildman–Crippen MR) is 114 cm³/mol. The zero-order chi connectivity index (χ0) is 20.7. The zero-order valence-corrected chi connectivity index (χ0v) is 17.0. The molecule has 0 spiro atoms. The number of fused-ring (bicyclic) bond motifs is 1. The topological polar surface area (TPSA) is 101 Å². The molecule has 0 aliphatic carbocycles. The highest BCUT2D eigenvalue weighted by Crippen LogP contribution is 2.28. The molecule has 4 rings (SSSR count). The predicted octanol–water partition coefficient (Wildman–Crippen LogP) is 4.31. The summed E-state index contributed by atoms with van der Waals surface area (Å²) in [5.41, 5.74) is 2.30. The second-order valence-electron chi connectivity index (χ2n) is 6.36. The summed E-state index contributed by atoms with van der Waals surface area (Å²) in [6, 6.07) is 9.51. The van der Waals surface area contributed by atoms with Gasteiger partial charge in [-0.15, -0.1) is 11.3 Å². The SMILES string of the molecule is Cc1nn(-c2ccccc2)c(Cl)c1/C=C/c1nc2sc(C(=O)O)c(C)c2c(=O)[nH]1. The van der Waals surface area contributed by atoms with Gasteiger partial charge in [-0.25, -0.2) is 14.5 Å². The third-order valence-electron chi connectivity index (χ3n) is 4.47. The van der Waals surface area contributed by atoms with Gasteiger partial charge in [-0.1, -0.05) is 29.8 Å². The third-order valence-corrected chi connectivity index (χ3v) is 6.01. The Morgan fingerprint density at radius 1 is 1.24 bits per heavy atom. The van der Waals surface area contributed by atoms with Gasteiger partial charge in [0, 0.05) is 5.56 Å². The minimum Gasteiger partial charge on any atom is -0.477 e. The number of para-hydroxylation sites is 1. The summed E-state index contributed by atoms with van der Waals surface area (Å²) in [7, 11) is 0. The largest absolute Gasteiger partial charge is 0.477 e. The molecule has 0 radical (unpaired) electrons. The molecule has 3 aromatic heterocycles. The van der Waals surface area contributed by atoms with Crippen LogP contribution in [0.25, 0.3) is 28.1 Å². The van der Waals surface area contributed by atoms with Crippen molar-refractivity contribution in [1.82, 2.24) is 19.7 Å². The van der Waals surface area contributed by atoms with E-state index in [1.807, 2.05) is 37.3 Å². The molecule has 0 aliphatic rings. The first kappa shape index (κ1) is 19.1. The number of H-pyrrole nitrogens is 1. The lowest BCUT2D eigenvalue weighted by Crippen LogP contribution is -2.09. The molecule has 0 amide bonds. The highest BCUT2D eigenvalue weighted by atomic mass is 35.5. The van der Waals surface area contributed by atoms with E-state index in [0.29, 0.717) is 32.3 Å². The molecule has 0 aliphatic heterocycles. The average molecular weight is 427 g/mol. The molecule has 0 fully saturated rings. The van der Waals surface area contributed by atoms with Gasteiger partial charge in [0.1, 0.15) is 20.7 Å². The molecular weight excluding hydrogens is 412 g/mol. The van der Waals surface area contributed by atoms with Gasteiger partial charge in [-0.3, -0.25) is 4.79 Å². The van der Waals surface area contributed by atoms with Crippen LogP contribution in [-0.2, 0) is 0 Å². The van der Waals surface area contributed by atoms with Gasteiger partial charge in [-0.05, 0) is 43.7 Å². The van der Waals surface area contributed by atoms with Crippen LogP contribution in [-0.4, -0.2) is 30.8 Å². The molecule has 4 aromatic rings. The Bertz CT molecular complexity index is 1340. The number of carbonyl (C=O) groups is 1. The number of halogens is 1. The van der Waals surface area contributed by atoms with Crippen molar-refractivity contribution in [3.63, 3.8) is 0 Å². The first-order valence-corrected chi connectivity index (χ1v) is 9.81. The van der Waals surface area contributed by atoms with Crippen molar-refractivity contribution >= 4 is 51.3 Å². The number of hydrogen-bond acceptors (Lipinski definition) is 5. The number of thiophene rings is 1. The van der Waals surface area contributed by atoms with Crippen LogP contribution in [0.15, 0.2) is 35.1 Å². The number of nitrogens with one attached hydrogen (secondary N) is 1. The van der Waals surface area contributed by atoms with Crippen LogP contribution in [0.1, 0.15) is 32.3 Å². The monoisotopic (exact) mass is 426 g/mol. The standard InChI is InChI=1S/C20H15ClN4O3S/c1-10-15-18(26)22-14(23-19(15)29-16(10)20(27)28)9-8-13-11(2)24-25(17(13)21)12-6-4-3-5-7-12/h3-9H,1-2H3,(H,27,28)(H,22,23,26)/b9-8+. The zero-order valence-electron chi connectivity index (χ0n) is 15.4. The van der Waals surface area contributed by atoms with E-state index in [9.17, 15) is 14.7 Å². The van der Waals surface area contributed by atoms with Crippen LogP contribution in [0.2, 0.25) is 5.15 Å². The van der Waals surface area contributed by atoms with Crippen LogP contribution >= 0.6 is 22.9 Å². The number of rotatable bonds is 4. The molecule has 0 bridgehead atoms. The van der Waals surface area contributed by atoms with Gasteiger partial charge in [0.15, 0.2) is 0 Å². The van der Waals surface area contributed by atoms with E-state index in [4.69, 9.17) is 11.6 Å². The maximum Gasteiger partial charge on any atom is 0.346 e. The van der Waals surface area contributed by atoms with E-state index in [1.165, 1.54) is 0 Å². The van der Waals surface area contributed by atoms with E-state index >= 15 is 0 Å². The molecule has 0 unspecified atom stereocenters. The van der Waals surface area contributed by atoms with Crippen molar-refractivity contribution in [1.29, 1.82) is 0 Å². The van der Waals surface area contributed by atoms with Gasteiger partial charge in [0.05, 0.1) is 16.8 Å². The number of aromatic nitrogens is 4. The van der Waals surface area contributed by atoms with Crippen molar-refractivity contribution in [2.75, 3.05) is 0 Å². The molecule has 7 nitrogen and oxygen atoms in total. The second-order valence-corrected chi connectivity index (χ2v) is 7.72. The van der Waals surface area contributed by atoms with Crippen LogP contribution < -0.4 is 5.56 Å². The molecular formula is C20H15ClN4O3S. The number of carboxylic acids is 1. The third kappa shape index (κ3) is 3.37. The van der Waals surface area contributed by atoms with Crippen molar-refractivity contribution in [2.45, 2.75) is 13.8 Å². The lowest BCUT2D eigenvalue weighted by atomic mass is 10.2. The molecule has 0 saturated carbocycles. The second kappa shape index (κ2) is 7.31. The maximum atomic E-state index is 12.4. The Hall–Kier alpha value is -3.23. The molecule has 29 heavy (non-hydrogen) atoms. The quantitative estimate of drug-likeness (QED) is 0.506. The summed E-state index contributed by atoms with van der Waals surface area (Å²) in [5.74, 6) is -0.763. The van der Waals surface area contributed by atoms with Gasteiger partial charge in [0.25, 0.3) is 5.56 Å². The molecule has 1 aromatic carbocycles. The maximum absolute atomic E-state index is 12.4. The fraction of sp³-hybridized carbons (Fsp3) is 0.100. The number of hydrogen-bond donors (Lipinski definition) is 2. The minimum absolute atomic E-state index is 0.113. The molecule has 146 valence electrons. The number of benzene rings is 1. The van der Waals surface area contributed by atoms with Crippen molar-refractivity contribution in [2.24, 2.45) is 0 Å². The van der Waals surface area contributed by atoms with Gasteiger partial charge in [-0.2, -0.15) is 5.10 Å². The number of aryl methyl sites for hydroxylation is 2. The van der Waals surface area contributed by atoms with Gasteiger partial charge >= 0.3 is 5.97 Å². The molecule has 0 atom stereocenters. The first-order valence-electron chi connectivity index (χ1n) is 8.62. The van der Waals surface area contributed by atoms with E-state index in [-0.39, 0.29) is 10.4 Å². The fourth-order valence-electron chi connectivity index (χ4n) is 3.05. The van der Waals surface area contributed by atoms with E-state index in [0.717, 1.165) is 22.7 Å². The van der Waals surface area contributed by atoms with Crippen molar-refractivity contribution in [3.8, 4) is 5.69 Å². The number of aromatic carboxylic acids is 1. The summed E-state index contributed by atoms with van der Waals surface area (Å²) in [6.07, 6.45) is 3.36. The minimum atomic E-state index is -1.07. The Morgan fingerprint density at radius 3 is 2.66 bits per heavy atom. The fourth-order valence-corrected chi connectivity index (χ4v) is 4.41. The van der Waals surface area contributed by atoms with Crippen molar-refractivity contribution in [3.05, 3.63) is 73.4 Å². The smallest absolute Gasteiger partial charge is 0.346 e.